The van der Waals surface area contributed by atoms with E-state index in [1.54, 1.807) is 56.3 Å². The van der Waals surface area contributed by atoms with E-state index in [4.69, 9.17) is 5.11 Å². The number of benzene rings is 3. The summed E-state index contributed by atoms with van der Waals surface area (Å²) in [4.78, 5) is 14.5. The molecule has 3 aromatic carbocycles. The van der Waals surface area contributed by atoms with Gasteiger partial charge < -0.3 is 5.11 Å². The third-order valence-electron chi connectivity index (χ3n) is 6.51. The summed E-state index contributed by atoms with van der Waals surface area (Å²) < 4.78 is 93.4. The van der Waals surface area contributed by atoms with Crippen molar-refractivity contribution < 1.29 is 39.9 Å². The minimum absolute atomic E-state index is 0.0191. The van der Waals surface area contributed by atoms with Crippen molar-refractivity contribution in [2.75, 3.05) is 5.75 Å². The highest BCUT2D eigenvalue weighted by Crippen LogP contribution is 2.33. The van der Waals surface area contributed by atoms with E-state index in [9.17, 15) is 34.8 Å². The van der Waals surface area contributed by atoms with Crippen molar-refractivity contribution in [1.29, 1.82) is 0 Å². The van der Waals surface area contributed by atoms with Crippen LogP contribution in [0.2, 0.25) is 0 Å². The van der Waals surface area contributed by atoms with Crippen LogP contribution in [0.5, 0.6) is 0 Å². The molecule has 0 aliphatic carbocycles. The first kappa shape index (κ1) is 32.3. The van der Waals surface area contributed by atoms with E-state index in [-0.39, 0.29) is 27.9 Å². The van der Waals surface area contributed by atoms with Gasteiger partial charge in [0.25, 0.3) is 0 Å². The maximum Gasteiger partial charge on any atom is 0.434 e. The molecule has 0 unspecified atom stereocenters. The molecule has 4 aromatic rings. The van der Waals surface area contributed by atoms with Gasteiger partial charge in [0.15, 0.2) is 21.3 Å². The van der Waals surface area contributed by atoms with Gasteiger partial charge in [-0.25, -0.2) is 21.8 Å². The van der Waals surface area contributed by atoms with Crippen molar-refractivity contribution >= 4 is 37.2 Å². The number of thiazole rings is 1. The van der Waals surface area contributed by atoms with Crippen LogP contribution in [0.25, 0.3) is 11.1 Å². The number of aryl methyl sites for hydroxylation is 3. The van der Waals surface area contributed by atoms with E-state index in [1.807, 2.05) is 6.92 Å². The number of hydrogen-bond donors (Lipinski definition) is 1. The number of rotatable bonds is 10. The molecule has 0 atom stereocenters. The topological polar surface area (TPSA) is 122 Å². The molecule has 0 spiro atoms. The Bertz CT molecular complexity index is 1860. The fourth-order valence-corrected chi connectivity index (χ4v) is 8.50. The number of sulfonamides is 1. The van der Waals surface area contributed by atoms with Gasteiger partial charge in [-0.05, 0) is 60.7 Å². The van der Waals surface area contributed by atoms with Crippen molar-refractivity contribution in [3.63, 3.8) is 0 Å². The van der Waals surface area contributed by atoms with Crippen LogP contribution in [0.4, 0.5) is 13.2 Å². The van der Waals surface area contributed by atoms with E-state index < -0.39 is 43.5 Å². The van der Waals surface area contributed by atoms with E-state index in [1.165, 1.54) is 18.2 Å². The zero-order valence-corrected chi connectivity index (χ0v) is 25.7. The number of hydrogen-bond acceptors (Lipinski definition) is 7. The summed E-state index contributed by atoms with van der Waals surface area (Å²) in [6.07, 6.45) is -4.66. The van der Waals surface area contributed by atoms with E-state index in [0.717, 1.165) is 26.6 Å². The molecule has 14 heteroatoms. The minimum atomic E-state index is -4.66. The summed E-state index contributed by atoms with van der Waals surface area (Å²) in [5, 5.41) is 9.75. The zero-order valence-electron chi connectivity index (χ0n) is 23.2. The Morgan fingerprint density at radius 3 is 2.09 bits per heavy atom. The van der Waals surface area contributed by atoms with Crippen LogP contribution >= 0.6 is 11.3 Å². The average molecular weight is 653 g/mol. The molecule has 1 aromatic heterocycles. The lowest BCUT2D eigenvalue weighted by Gasteiger charge is -2.24. The molecule has 8 nitrogen and oxygen atoms in total. The maximum absolute atomic E-state index is 14.0. The standard InChI is InChI=1S/C29H27F3N2O6S3/c1-18-11-19(2)28(20(3)12-18)43(39,40)34(15-26-33-25(16-41-26)29(30,31)32)14-21-7-9-22(10-8-21)23-5-4-6-24(13-23)42(37,38)17-27(35)36/h4-13,16H,14-15,17H2,1-3H3,(H,35,36). The van der Waals surface area contributed by atoms with Crippen molar-refractivity contribution in [2.45, 2.75) is 49.8 Å². The number of carboxylic acid groups (broad SMARTS) is 1. The molecule has 228 valence electrons. The fourth-order valence-electron chi connectivity index (χ4n) is 4.71. The molecule has 0 radical (unpaired) electrons. The molecular weight excluding hydrogens is 626 g/mol. The second-order valence-electron chi connectivity index (χ2n) is 10.0. The van der Waals surface area contributed by atoms with Crippen molar-refractivity contribution in [2.24, 2.45) is 0 Å². The smallest absolute Gasteiger partial charge is 0.434 e. The second kappa shape index (κ2) is 12.2. The van der Waals surface area contributed by atoms with Gasteiger partial charge in [0.05, 0.1) is 16.3 Å². The molecule has 0 amide bonds. The molecule has 4 rings (SSSR count). The Balaban J connectivity index is 1.69. The monoisotopic (exact) mass is 652 g/mol. The largest absolute Gasteiger partial charge is 0.480 e. The summed E-state index contributed by atoms with van der Waals surface area (Å²) in [6.45, 7) is 4.59. The minimum Gasteiger partial charge on any atom is -0.480 e. The quantitative estimate of drug-likeness (QED) is 0.223. The summed E-state index contributed by atoms with van der Waals surface area (Å²) in [5.74, 6) is -2.53. The number of carboxylic acids is 1. The number of sulfone groups is 1. The lowest BCUT2D eigenvalue weighted by atomic mass is 10.0. The van der Waals surface area contributed by atoms with Gasteiger partial charge >= 0.3 is 12.1 Å². The normalized spacial score (nSPS) is 12.5. The van der Waals surface area contributed by atoms with E-state index >= 15 is 0 Å². The third kappa shape index (κ3) is 7.50. The number of carbonyl (C=O) groups is 1. The van der Waals surface area contributed by atoms with Gasteiger partial charge in [-0.15, -0.1) is 11.3 Å². The number of alkyl halides is 3. The molecule has 1 heterocycles. The number of nitrogens with zero attached hydrogens (tertiary/aromatic N) is 2. The van der Waals surface area contributed by atoms with Crippen LogP contribution in [0, 0.1) is 20.8 Å². The maximum atomic E-state index is 14.0. The Labute approximate surface area is 251 Å². The van der Waals surface area contributed by atoms with Gasteiger partial charge in [-0.1, -0.05) is 54.1 Å². The predicted octanol–water partition coefficient (Wildman–Crippen LogP) is 6.00. The van der Waals surface area contributed by atoms with Crippen LogP contribution in [-0.4, -0.2) is 43.0 Å². The van der Waals surface area contributed by atoms with E-state index in [2.05, 4.69) is 4.98 Å². The number of halogens is 3. The first-order chi connectivity index (χ1) is 20.0. The van der Waals surface area contributed by atoms with Crippen LogP contribution in [0.3, 0.4) is 0 Å². The van der Waals surface area contributed by atoms with Crippen molar-refractivity contribution in [3.8, 4) is 11.1 Å². The summed E-state index contributed by atoms with van der Waals surface area (Å²) in [5.41, 5.74) is 2.39. The molecular formula is C29H27F3N2O6S3. The molecule has 0 bridgehead atoms. The number of aromatic nitrogens is 1. The lowest BCUT2D eigenvalue weighted by Crippen LogP contribution is -2.31. The van der Waals surface area contributed by atoms with Gasteiger partial charge in [0, 0.05) is 11.9 Å². The summed E-state index contributed by atoms with van der Waals surface area (Å²) in [6, 6.07) is 15.8. The van der Waals surface area contributed by atoms with E-state index in [0.29, 0.717) is 27.8 Å². The Morgan fingerprint density at radius 2 is 1.53 bits per heavy atom. The van der Waals surface area contributed by atoms with Crippen LogP contribution in [0.15, 0.2) is 75.8 Å². The third-order valence-corrected chi connectivity index (χ3v) is 11.0. The molecule has 0 saturated heterocycles. The summed E-state index contributed by atoms with van der Waals surface area (Å²) >= 11 is 0.721. The lowest BCUT2D eigenvalue weighted by molar-refractivity contribution is -0.140. The van der Waals surface area contributed by atoms with Gasteiger partial charge in [0.2, 0.25) is 10.0 Å². The Hall–Kier alpha value is -3.59. The molecule has 0 aliphatic rings. The molecule has 43 heavy (non-hydrogen) atoms. The molecule has 0 saturated carbocycles. The first-order valence-electron chi connectivity index (χ1n) is 12.7. The highest BCUT2D eigenvalue weighted by atomic mass is 32.2. The number of aliphatic carboxylic acids is 1. The Morgan fingerprint density at radius 1 is 0.907 bits per heavy atom. The molecule has 1 N–H and O–H groups in total. The molecule has 0 aliphatic heterocycles. The SMILES string of the molecule is Cc1cc(C)c(S(=O)(=O)N(Cc2ccc(-c3cccc(S(=O)(=O)CC(=O)O)c3)cc2)Cc2nc(C(F)(F)F)cs2)c(C)c1. The summed E-state index contributed by atoms with van der Waals surface area (Å²) in [7, 11) is -8.24. The van der Waals surface area contributed by atoms with Gasteiger partial charge in [-0.2, -0.15) is 17.5 Å². The van der Waals surface area contributed by atoms with Crippen molar-refractivity contribution in [3.05, 3.63) is 99.0 Å². The van der Waals surface area contributed by atoms with Gasteiger partial charge in [0.1, 0.15) is 5.01 Å². The average Bonchev–Trinajstić information content (AvgIpc) is 3.37. The van der Waals surface area contributed by atoms with Crippen LogP contribution in [0.1, 0.15) is 33.0 Å². The first-order valence-corrected chi connectivity index (χ1v) is 16.7. The van der Waals surface area contributed by atoms with Crippen LogP contribution in [-0.2, 0) is 43.9 Å². The highest BCUT2D eigenvalue weighted by Gasteiger charge is 2.35. The Kier molecular flexibility index (Phi) is 9.16. The van der Waals surface area contributed by atoms with Gasteiger partial charge in [-0.3, -0.25) is 4.79 Å². The van der Waals surface area contributed by atoms with Crippen LogP contribution < -0.4 is 0 Å². The second-order valence-corrected chi connectivity index (χ2v) is 14.8. The molecule has 0 fully saturated rings. The highest BCUT2D eigenvalue weighted by molar-refractivity contribution is 7.92. The zero-order chi connectivity index (χ0) is 31.7. The fraction of sp³-hybridized carbons (Fsp3) is 0.241. The predicted molar refractivity (Wildman–Crippen MR) is 156 cm³/mol. The van der Waals surface area contributed by atoms with Crippen molar-refractivity contribution in [1.82, 2.24) is 9.29 Å².